The topological polar surface area (TPSA) is 68.9 Å². The maximum absolute atomic E-state index is 6.07. The molecule has 0 aliphatic carbocycles. The average molecular weight is 333 g/mol. The maximum Gasteiger partial charge on any atom is 0.189 e. The van der Waals surface area contributed by atoms with E-state index >= 15 is 0 Å². The smallest absolute Gasteiger partial charge is 0.189 e. The van der Waals surface area contributed by atoms with E-state index in [1.807, 2.05) is 19.1 Å². The Morgan fingerprint density at radius 1 is 1.25 bits per heavy atom. The van der Waals surface area contributed by atoms with Gasteiger partial charge in [0.25, 0.3) is 0 Å². The number of nitrogens with two attached hydrogens (primary N) is 1. The van der Waals surface area contributed by atoms with Crippen LogP contribution in [0.25, 0.3) is 0 Å². The van der Waals surface area contributed by atoms with Crippen molar-refractivity contribution >= 4 is 5.96 Å². The number of nitrogens with zero attached hydrogens (tertiary/aromatic N) is 1. The lowest BCUT2D eigenvalue weighted by Gasteiger charge is -2.37. The van der Waals surface area contributed by atoms with Gasteiger partial charge in [-0.05, 0) is 58.2 Å². The van der Waals surface area contributed by atoms with Gasteiger partial charge >= 0.3 is 0 Å². The van der Waals surface area contributed by atoms with Crippen molar-refractivity contribution in [3.05, 3.63) is 29.8 Å². The fourth-order valence-electron chi connectivity index (χ4n) is 3.03. The van der Waals surface area contributed by atoms with E-state index in [1.54, 1.807) is 0 Å². The van der Waals surface area contributed by atoms with E-state index in [0.29, 0.717) is 19.1 Å². The predicted octanol–water partition coefficient (Wildman–Crippen LogP) is 2.84. The Morgan fingerprint density at radius 2 is 1.88 bits per heavy atom. The Morgan fingerprint density at radius 3 is 2.42 bits per heavy atom. The number of ether oxygens (including phenoxy) is 2. The summed E-state index contributed by atoms with van der Waals surface area (Å²) in [4.78, 5) is 4.64. The van der Waals surface area contributed by atoms with E-state index in [-0.39, 0.29) is 11.0 Å². The molecule has 2 rings (SSSR count). The zero-order chi connectivity index (χ0) is 17.6. The lowest BCUT2D eigenvalue weighted by molar-refractivity contribution is 0.0531. The van der Waals surface area contributed by atoms with Crippen molar-refractivity contribution in [3.63, 3.8) is 0 Å². The van der Waals surface area contributed by atoms with Crippen molar-refractivity contribution in [1.29, 1.82) is 0 Å². The number of guanidine groups is 1. The highest BCUT2D eigenvalue weighted by atomic mass is 16.5. The molecule has 0 spiro atoms. The van der Waals surface area contributed by atoms with Gasteiger partial charge in [-0.15, -0.1) is 0 Å². The van der Waals surface area contributed by atoms with Gasteiger partial charge in [0.1, 0.15) is 5.75 Å². The van der Waals surface area contributed by atoms with Crippen LogP contribution in [-0.4, -0.2) is 37.9 Å². The first kappa shape index (κ1) is 18.6. The van der Waals surface area contributed by atoms with Gasteiger partial charge < -0.3 is 20.5 Å². The van der Waals surface area contributed by atoms with Gasteiger partial charge in [0.05, 0.1) is 13.2 Å². The summed E-state index contributed by atoms with van der Waals surface area (Å²) in [6.07, 6.45) is 1.90. The van der Waals surface area contributed by atoms with Crippen molar-refractivity contribution in [1.82, 2.24) is 5.32 Å². The Labute approximate surface area is 145 Å². The molecule has 134 valence electrons. The van der Waals surface area contributed by atoms with Crippen LogP contribution in [0.3, 0.4) is 0 Å². The van der Waals surface area contributed by atoms with Gasteiger partial charge in [-0.2, -0.15) is 0 Å². The molecule has 1 saturated heterocycles. The Balaban J connectivity index is 2.18. The molecular formula is C19H31N3O2. The molecule has 24 heavy (non-hydrogen) atoms. The molecule has 0 saturated carbocycles. The number of hydrogen-bond donors (Lipinski definition) is 2. The minimum absolute atomic E-state index is 0.0207. The zero-order valence-electron chi connectivity index (χ0n) is 15.4. The minimum atomic E-state index is -0.0877. The SMILES string of the molecule is CCOc1ccc(C2(CN=C(N)NC(C)(C)C)CCOCC2)cc1. The second kappa shape index (κ2) is 7.88. The predicted molar refractivity (Wildman–Crippen MR) is 98.7 cm³/mol. The average Bonchev–Trinajstić information content (AvgIpc) is 2.53. The Kier molecular flexibility index (Phi) is 6.10. The number of hydrogen-bond acceptors (Lipinski definition) is 3. The fourth-order valence-corrected chi connectivity index (χ4v) is 3.03. The van der Waals surface area contributed by atoms with Crippen LogP contribution in [-0.2, 0) is 10.2 Å². The summed E-state index contributed by atoms with van der Waals surface area (Å²) in [5, 5.41) is 3.23. The lowest BCUT2D eigenvalue weighted by atomic mass is 9.74. The third kappa shape index (κ3) is 5.13. The summed E-state index contributed by atoms with van der Waals surface area (Å²) >= 11 is 0. The van der Waals surface area contributed by atoms with Crippen molar-refractivity contribution in [2.24, 2.45) is 10.7 Å². The largest absolute Gasteiger partial charge is 0.494 e. The van der Waals surface area contributed by atoms with Crippen molar-refractivity contribution in [3.8, 4) is 5.75 Å². The van der Waals surface area contributed by atoms with Gasteiger partial charge in [0.15, 0.2) is 5.96 Å². The maximum atomic E-state index is 6.07. The van der Waals surface area contributed by atoms with Crippen LogP contribution in [0.4, 0.5) is 0 Å². The molecule has 1 aromatic rings. The van der Waals surface area contributed by atoms with Crippen molar-refractivity contribution in [2.75, 3.05) is 26.4 Å². The zero-order valence-corrected chi connectivity index (χ0v) is 15.4. The highest BCUT2D eigenvalue weighted by Gasteiger charge is 2.34. The van der Waals surface area contributed by atoms with E-state index in [4.69, 9.17) is 15.2 Å². The van der Waals surface area contributed by atoms with Gasteiger partial charge in [-0.1, -0.05) is 12.1 Å². The number of rotatable bonds is 5. The van der Waals surface area contributed by atoms with Gasteiger partial charge in [-0.25, -0.2) is 0 Å². The summed E-state index contributed by atoms with van der Waals surface area (Å²) < 4.78 is 11.1. The van der Waals surface area contributed by atoms with Crippen LogP contribution in [0.15, 0.2) is 29.3 Å². The second-order valence-corrected chi connectivity index (χ2v) is 7.43. The summed E-state index contributed by atoms with van der Waals surface area (Å²) in [5.74, 6) is 1.40. The van der Waals surface area contributed by atoms with E-state index in [0.717, 1.165) is 31.8 Å². The number of nitrogens with one attached hydrogen (secondary N) is 1. The van der Waals surface area contributed by atoms with Crippen LogP contribution in [0, 0.1) is 0 Å². The standard InChI is InChI=1S/C19H31N3O2/c1-5-24-16-8-6-15(7-9-16)19(10-12-23-13-11-19)14-21-17(20)22-18(2,3)4/h6-9H,5,10-14H2,1-4H3,(H3,20,21,22). The lowest BCUT2D eigenvalue weighted by Crippen LogP contribution is -2.46. The monoisotopic (exact) mass is 333 g/mol. The molecule has 1 aliphatic rings. The third-order valence-electron chi connectivity index (χ3n) is 4.28. The first-order valence-electron chi connectivity index (χ1n) is 8.74. The van der Waals surface area contributed by atoms with Gasteiger partial charge in [-0.3, -0.25) is 4.99 Å². The summed E-state index contributed by atoms with van der Waals surface area (Å²) in [5.41, 5.74) is 7.24. The summed E-state index contributed by atoms with van der Waals surface area (Å²) in [6.45, 7) is 11.1. The number of aliphatic imine (C=N–C) groups is 1. The molecule has 1 aliphatic heterocycles. The minimum Gasteiger partial charge on any atom is -0.494 e. The Hall–Kier alpha value is -1.75. The quantitative estimate of drug-likeness (QED) is 0.642. The van der Waals surface area contributed by atoms with Crippen molar-refractivity contribution < 1.29 is 9.47 Å². The molecule has 0 radical (unpaired) electrons. The van der Waals surface area contributed by atoms with Crippen LogP contribution < -0.4 is 15.8 Å². The fraction of sp³-hybridized carbons (Fsp3) is 0.632. The number of benzene rings is 1. The second-order valence-electron chi connectivity index (χ2n) is 7.43. The van der Waals surface area contributed by atoms with Crippen LogP contribution >= 0.6 is 0 Å². The molecule has 5 heteroatoms. The van der Waals surface area contributed by atoms with Gasteiger partial charge in [0, 0.05) is 24.2 Å². The van der Waals surface area contributed by atoms with Gasteiger partial charge in [0.2, 0.25) is 0 Å². The highest BCUT2D eigenvalue weighted by Crippen LogP contribution is 2.36. The van der Waals surface area contributed by atoms with E-state index in [1.165, 1.54) is 5.56 Å². The molecular weight excluding hydrogens is 302 g/mol. The molecule has 1 aromatic carbocycles. The molecule has 0 aromatic heterocycles. The van der Waals surface area contributed by atoms with Crippen molar-refractivity contribution in [2.45, 2.75) is 51.5 Å². The molecule has 0 bridgehead atoms. The Bertz CT molecular complexity index is 541. The molecule has 0 amide bonds. The molecule has 3 N–H and O–H groups in total. The third-order valence-corrected chi connectivity index (χ3v) is 4.28. The van der Waals surface area contributed by atoms with Crippen LogP contribution in [0.2, 0.25) is 0 Å². The molecule has 0 atom stereocenters. The summed E-state index contributed by atoms with van der Waals surface area (Å²) in [7, 11) is 0. The van der Waals surface area contributed by atoms with E-state index < -0.39 is 0 Å². The first-order chi connectivity index (χ1) is 11.3. The summed E-state index contributed by atoms with van der Waals surface area (Å²) in [6, 6.07) is 8.38. The molecule has 0 unspecified atom stereocenters. The first-order valence-corrected chi connectivity index (χ1v) is 8.74. The molecule has 1 fully saturated rings. The normalized spacial score (nSPS) is 18.2. The molecule has 1 heterocycles. The van der Waals surface area contributed by atoms with Crippen LogP contribution in [0.5, 0.6) is 5.75 Å². The molecule has 5 nitrogen and oxygen atoms in total. The highest BCUT2D eigenvalue weighted by molar-refractivity contribution is 5.78. The van der Waals surface area contributed by atoms with Crippen LogP contribution in [0.1, 0.15) is 46.1 Å². The van der Waals surface area contributed by atoms with E-state index in [2.05, 4.69) is 43.2 Å². The van der Waals surface area contributed by atoms with E-state index in [9.17, 15) is 0 Å².